The Kier molecular flexibility index (Phi) is 4.79. The number of nitrogens with zero attached hydrogens (tertiary/aromatic N) is 2. The van der Waals surface area contributed by atoms with E-state index in [1.165, 1.54) is 6.07 Å². The highest BCUT2D eigenvalue weighted by atomic mass is 16.5. The fourth-order valence-corrected chi connectivity index (χ4v) is 2.88. The predicted molar refractivity (Wildman–Crippen MR) is 91.4 cm³/mol. The summed E-state index contributed by atoms with van der Waals surface area (Å²) in [6.45, 7) is 1.39. The lowest BCUT2D eigenvalue weighted by Crippen LogP contribution is -2.41. The molecule has 1 unspecified atom stereocenters. The number of aromatic amines is 1. The summed E-state index contributed by atoms with van der Waals surface area (Å²) >= 11 is 0. The van der Waals surface area contributed by atoms with Gasteiger partial charge in [0.25, 0.3) is 5.56 Å². The molecule has 1 fully saturated rings. The van der Waals surface area contributed by atoms with E-state index >= 15 is 0 Å². The van der Waals surface area contributed by atoms with Crippen molar-refractivity contribution in [3.63, 3.8) is 0 Å². The summed E-state index contributed by atoms with van der Waals surface area (Å²) in [6, 6.07) is 8.77. The average molecular weight is 328 g/mol. The Balaban J connectivity index is 1.65. The van der Waals surface area contributed by atoms with Gasteiger partial charge in [0.1, 0.15) is 5.75 Å². The number of carbonyl (C=O) groups is 1. The Morgan fingerprint density at radius 2 is 2.17 bits per heavy atom. The van der Waals surface area contributed by atoms with Crippen LogP contribution in [-0.2, 0) is 4.79 Å². The van der Waals surface area contributed by atoms with Crippen molar-refractivity contribution in [3.05, 3.63) is 46.9 Å². The van der Waals surface area contributed by atoms with Gasteiger partial charge in [-0.25, -0.2) is 5.10 Å². The van der Waals surface area contributed by atoms with Crippen LogP contribution in [0.15, 0.2) is 41.3 Å². The third-order valence-corrected chi connectivity index (χ3v) is 4.17. The summed E-state index contributed by atoms with van der Waals surface area (Å²) in [5.74, 6) is 0.612. The average Bonchev–Trinajstić information content (AvgIpc) is 2.62. The molecule has 7 heteroatoms. The van der Waals surface area contributed by atoms with Crippen LogP contribution in [0.4, 0.5) is 11.4 Å². The molecule has 1 amide bonds. The van der Waals surface area contributed by atoms with E-state index in [1.54, 1.807) is 13.3 Å². The number of amides is 1. The van der Waals surface area contributed by atoms with E-state index in [1.807, 2.05) is 29.2 Å². The lowest BCUT2D eigenvalue weighted by molar-refractivity contribution is -0.120. The number of hydrogen-bond acceptors (Lipinski definition) is 5. The van der Waals surface area contributed by atoms with E-state index in [4.69, 9.17) is 4.74 Å². The van der Waals surface area contributed by atoms with Crippen molar-refractivity contribution in [1.82, 2.24) is 10.2 Å². The second kappa shape index (κ2) is 7.16. The van der Waals surface area contributed by atoms with Crippen LogP contribution in [0.1, 0.15) is 12.8 Å². The number of aromatic nitrogens is 2. The molecule has 2 heterocycles. The van der Waals surface area contributed by atoms with Gasteiger partial charge in [-0.15, -0.1) is 0 Å². The van der Waals surface area contributed by atoms with E-state index in [-0.39, 0.29) is 17.4 Å². The minimum absolute atomic E-state index is 0.0114. The molecule has 0 radical (unpaired) electrons. The molecule has 0 bridgehead atoms. The molecule has 0 spiro atoms. The van der Waals surface area contributed by atoms with Crippen LogP contribution in [0.25, 0.3) is 0 Å². The second-order valence-corrected chi connectivity index (χ2v) is 5.81. The van der Waals surface area contributed by atoms with E-state index in [0.29, 0.717) is 6.54 Å². The van der Waals surface area contributed by atoms with E-state index in [2.05, 4.69) is 15.5 Å². The molecule has 126 valence electrons. The van der Waals surface area contributed by atoms with Crippen LogP contribution < -0.4 is 20.5 Å². The lowest BCUT2D eigenvalue weighted by atomic mass is 9.96. The molecule has 0 saturated carbocycles. The monoisotopic (exact) mass is 328 g/mol. The molecule has 7 nitrogen and oxygen atoms in total. The molecule has 0 aliphatic carbocycles. The van der Waals surface area contributed by atoms with E-state index in [0.717, 1.165) is 36.5 Å². The standard InChI is InChI=1S/C17H20N4O3/c1-24-15-6-4-13(5-7-15)19-17(23)12-3-2-8-21(11-12)14-9-16(22)20-18-10-14/h4-7,9-10,12H,2-3,8,11H2,1H3,(H,19,23)(H,20,22). The van der Waals surface area contributed by atoms with Gasteiger partial charge in [-0.05, 0) is 37.1 Å². The summed E-state index contributed by atoms with van der Waals surface area (Å²) in [5, 5.41) is 9.13. The highest BCUT2D eigenvalue weighted by Gasteiger charge is 2.26. The first kappa shape index (κ1) is 16.0. The lowest BCUT2D eigenvalue weighted by Gasteiger charge is -2.33. The summed E-state index contributed by atoms with van der Waals surface area (Å²) in [7, 11) is 1.60. The summed E-state index contributed by atoms with van der Waals surface area (Å²) in [5.41, 5.74) is 1.26. The predicted octanol–water partition coefficient (Wildman–Crippen LogP) is 1.63. The molecule has 24 heavy (non-hydrogen) atoms. The first-order valence-corrected chi connectivity index (χ1v) is 7.90. The van der Waals surface area contributed by atoms with E-state index < -0.39 is 0 Å². The van der Waals surface area contributed by atoms with Gasteiger partial charge in [0.2, 0.25) is 5.91 Å². The number of carbonyl (C=O) groups excluding carboxylic acids is 1. The summed E-state index contributed by atoms with van der Waals surface area (Å²) in [4.78, 5) is 26.0. The molecular formula is C17H20N4O3. The Hall–Kier alpha value is -2.83. The van der Waals surface area contributed by atoms with Gasteiger partial charge in [-0.3, -0.25) is 9.59 Å². The number of hydrogen-bond donors (Lipinski definition) is 2. The minimum Gasteiger partial charge on any atom is -0.497 e. The fourth-order valence-electron chi connectivity index (χ4n) is 2.88. The highest BCUT2D eigenvalue weighted by molar-refractivity contribution is 5.93. The topological polar surface area (TPSA) is 87.3 Å². The van der Waals surface area contributed by atoms with Crippen molar-refractivity contribution in [3.8, 4) is 5.75 Å². The van der Waals surface area contributed by atoms with E-state index in [9.17, 15) is 9.59 Å². The summed E-state index contributed by atoms with van der Waals surface area (Å²) in [6.07, 6.45) is 3.34. The van der Waals surface area contributed by atoms with Gasteiger partial charge in [-0.2, -0.15) is 5.10 Å². The molecule has 1 aliphatic heterocycles. The molecule has 1 aromatic carbocycles. The zero-order valence-electron chi connectivity index (χ0n) is 13.5. The van der Waals surface area contributed by atoms with Gasteiger partial charge >= 0.3 is 0 Å². The van der Waals surface area contributed by atoms with Crippen LogP contribution in [0.5, 0.6) is 5.75 Å². The number of nitrogens with one attached hydrogen (secondary N) is 2. The van der Waals surface area contributed by atoms with Crippen LogP contribution in [0.2, 0.25) is 0 Å². The highest BCUT2D eigenvalue weighted by Crippen LogP contribution is 2.23. The largest absolute Gasteiger partial charge is 0.497 e. The zero-order chi connectivity index (χ0) is 16.9. The fraction of sp³-hybridized carbons (Fsp3) is 0.353. The van der Waals surface area contributed by atoms with Gasteiger partial charge < -0.3 is 15.0 Å². The van der Waals surface area contributed by atoms with Gasteiger partial charge in [0.05, 0.1) is 24.9 Å². The number of benzene rings is 1. The van der Waals surface area contributed by atoms with Crippen molar-refractivity contribution in [2.24, 2.45) is 5.92 Å². The smallest absolute Gasteiger partial charge is 0.266 e. The van der Waals surface area contributed by atoms with Crippen molar-refractivity contribution >= 4 is 17.3 Å². The maximum absolute atomic E-state index is 12.5. The van der Waals surface area contributed by atoms with Crippen molar-refractivity contribution in [2.75, 3.05) is 30.4 Å². The first-order valence-electron chi connectivity index (χ1n) is 7.90. The number of H-pyrrole nitrogens is 1. The van der Waals surface area contributed by atoms with Gasteiger partial charge in [0, 0.05) is 24.8 Å². The normalized spacial score (nSPS) is 17.4. The number of piperidine rings is 1. The number of anilines is 2. The van der Waals surface area contributed by atoms with Crippen LogP contribution in [0.3, 0.4) is 0 Å². The maximum Gasteiger partial charge on any atom is 0.266 e. The number of ether oxygens (including phenoxy) is 1. The third kappa shape index (κ3) is 3.73. The SMILES string of the molecule is COc1ccc(NC(=O)C2CCCN(c3cn[nH]c(=O)c3)C2)cc1. The van der Waals surface area contributed by atoms with Crippen molar-refractivity contribution < 1.29 is 9.53 Å². The molecule has 2 N–H and O–H groups in total. The molecule has 2 aromatic rings. The van der Waals surface area contributed by atoms with Gasteiger partial charge in [-0.1, -0.05) is 0 Å². The molecule has 1 atom stereocenters. The second-order valence-electron chi connectivity index (χ2n) is 5.81. The quantitative estimate of drug-likeness (QED) is 0.891. The molecule has 3 rings (SSSR count). The Morgan fingerprint density at radius 1 is 1.38 bits per heavy atom. The zero-order valence-corrected chi connectivity index (χ0v) is 13.5. The van der Waals surface area contributed by atoms with Crippen LogP contribution in [-0.4, -0.2) is 36.3 Å². The Bertz CT molecular complexity index is 757. The number of methoxy groups -OCH3 is 1. The molecule has 1 saturated heterocycles. The van der Waals surface area contributed by atoms with Crippen LogP contribution in [0, 0.1) is 5.92 Å². The molecular weight excluding hydrogens is 308 g/mol. The molecule has 1 aliphatic rings. The number of rotatable bonds is 4. The van der Waals surface area contributed by atoms with Crippen molar-refractivity contribution in [2.45, 2.75) is 12.8 Å². The Labute approximate surface area is 139 Å². The van der Waals surface area contributed by atoms with Crippen LogP contribution >= 0.6 is 0 Å². The Morgan fingerprint density at radius 3 is 2.88 bits per heavy atom. The van der Waals surface area contributed by atoms with Crippen molar-refractivity contribution in [1.29, 1.82) is 0 Å². The first-order chi connectivity index (χ1) is 11.7. The maximum atomic E-state index is 12.5. The van der Waals surface area contributed by atoms with Gasteiger partial charge in [0.15, 0.2) is 0 Å². The minimum atomic E-state index is -0.239. The summed E-state index contributed by atoms with van der Waals surface area (Å²) < 4.78 is 5.11. The molecule has 1 aromatic heterocycles. The third-order valence-electron chi connectivity index (χ3n) is 4.17.